The summed E-state index contributed by atoms with van der Waals surface area (Å²) in [5.41, 5.74) is 2.67. The van der Waals surface area contributed by atoms with Crippen LogP contribution in [0.2, 0.25) is 0 Å². The normalized spacial score (nSPS) is 12.5. The number of aromatic amines is 1. The topological polar surface area (TPSA) is 61.0 Å². The van der Waals surface area contributed by atoms with Crippen LogP contribution in [0.1, 0.15) is 11.6 Å². The van der Waals surface area contributed by atoms with Crippen LogP contribution < -0.4 is 10.9 Å². The fourth-order valence-electron chi connectivity index (χ4n) is 2.73. The number of rotatable bonds is 5. The van der Waals surface area contributed by atoms with Crippen molar-refractivity contribution in [2.24, 2.45) is 0 Å². The molecule has 0 aliphatic rings. The van der Waals surface area contributed by atoms with Crippen molar-refractivity contribution in [1.29, 1.82) is 0 Å². The van der Waals surface area contributed by atoms with Crippen LogP contribution in [0, 0.1) is 0 Å². The van der Waals surface area contributed by atoms with E-state index in [0.717, 1.165) is 16.6 Å². The number of benzene rings is 1. The number of nitrogens with one attached hydrogen (secondary N) is 2. The summed E-state index contributed by atoms with van der Waals surface area (Å²) in [6, 6.07) is 14.0. The van der Waals surface area contributed by atoms with Crippen LogP contribution in [-0.2, 0) is 0 Å². The fraction of sp³-hybridized carbons (Fsp3) is 0.222. The van der Waals surface area contributed by atoms with Crippen LogP contribution in [0.5, 0.6) is 0 Å². The van der Waals surface area contributed by atoms with E-state index in [1.807, 2.05) is 24.3 Å². The quantitative estimate of drug-likeness (QED) is 0.760. The van der Waals surface area contributed by atoms with Gasteiger partial charge in [0.2, 0.25) is 0 Å². The molecule has 0 amide bonds. The van der Waals surface area contributed by atoms with Crippen molar-refractivity contribution in [1.82, 2.24) is 14.9 Å². The summed E-state index contributed by atoms with van der Waals surface area (Å²) in [6.07, 6.45) is 3.40. The minimum absolute atomic E-state index is 0.130. The number of fused-ring (bicyclic) bond motifs is 1. The molecule has 118 valence electrons. The standard InChI is InChI=1S/C18H20N4O/c1-22(2)17(13-6-4-3-5-7-13)12-20-15-10-18(23)21-16-11-19-9-8-14(15)16/h3-11,17H,12H2,1-2H3,(H2,20,21,23). The van der Waals surface area contributed by atoms with E-state index in [1.54, 1.807) is 18.5 Å². The Morgan fingerprint density at radius 1 is 1.22 bits per heavy atom. The van der Waals surface area contributed by atoms with Gasteiger partial charge in [-0.2, -0.15) is 0 Å². The number of hydrogen-bond donors (Lipinski definition) is 2. The predicted molar refractivity (Wildman–Crippen MR) is 93.7 cm³/mol. The average Bonchev–Trinajstić information content (AvgIpc) is 2.55. The van der Waals surface area contributed by atoms with Crippen LogP contribution in [0.25, 0.3) is 10.9 Å². The number of pyridine rings is 2. The molecule has 0 radical (unpaired) electrons. The number of hydrogen-bond acceptors (Lipinski definition) is 4. The second-order valence-electron chi connectivity index (χ2n) is 5.74. The Bertz CT molecular complexity index is 842. The summed E-state index contributed by atoms with van der Waals surface area (Å²) in [5.74, 6) is 0. The number of anilines is 1. The zero-order valence-electron chi connectivity index (χ0n) is 13.3. The molecule has 5 heteroatoms. The molecule has 1 aromatic carbocycles. The van der Waals surface area contributed by atoms with E-state index in [2.05, 4.69) is 46.4 Å². The first-order valence-corrected chi connectivity index (χ1v) is 7.57. The third-order valence-corrected chi connectivity index (χ3v) is 3.94. The molecular weight excluding hydrogens is 288 g/mol. The Kier molecular flexibility index (Phi) is 4.39. The summed E-state index contributed by atoms with van der Waals surface area (Å²) in [4.78, 5) is 20.8. The van der Waals surface area contributed by atoms with Crippen molar-refractivity contribution in [2.45, 2.75) is 6.04 Å². The molecule has 0 saturated heterocycles. The van der Waals surface area contributed by atoms with Gasteiger partial charge in [0.1, 0.15) is 0 Å². The Hall–Kier alpha value is -2.66. The van der Waals surface area contributed by atoms with Crippen molar-refractivity contribution < 1.29 is 0 Å². The van der Waals surface area contributed by atoms with Gasteiger partial charge < -0.3 is 15.2 Å². The lowest BCUT2D eigenvalue weighted by Crippen LogP contribution is -2.27. The maximum Gasteiger partial charge on any atom is 0.250 e. The molecule has 2 N–H and O–H groups in total. The molecule has 1 atom stereocenters. The smallest absolute Gasteiger partial charge is 0.250 e. The molecule has 0 aliphatic carbocycles. The largest absolute Gasteiger partial charge is 0.382 e. The van der Waals surface area contributed by atoms with Crippen LogP contribution in [-0.4, -0.2) is 35.5 Å². The van der Waals surface area contributed by atoms with E-state index in [4.69, 9.17) is 0 Å². The van der Waals surface area contributed by atoms with Crippen LogP contribution in [0.15, 0.2) is 59.7 Å². The zero-order valence-corrected chi connectivity index (χ0v) is 13.3. The predicted octanol–water partition coefficient (Wildman–Crippen LogP) is 2.64. The Labute approximate surface area is 135 Å². The lowest BCUT2D eigenvalue weighted by Gasteiger charge is -2.25. The molecule has 0 aliphatic heterocycles. The van der Waals surface area contributed by atoms with E-state index < -0.39 is 0 Å². The van der Waals surface area contributed by atoms with Gasteiger partial charge in [0.05, 0.1) is 17.8 Å². The first-order valence-electron chi connectivity index (χ1n) is 7.57. The average molecular weight is 308 g/mol. The first-order chi connectivity index (χ1) is 11.1. The molecule has 2 aromatic heterocycles. The molecule has 1 unspecified atom stereocenters. The van der Waals surface area contributed by atoms with E-state index in [9.17, 15) is 4.79 Å². The Balaban J connectivity index is 1.88. The summed E-state index contributed by atoms with van der Waals surface area (Å²) in [7, 11) is 4.11. The molecule has 3 aromatic rings. The van der Waals surface area contributed by atoms with Gasteiger partial charge in [-0.15, -0.1) is 0 Å². The highest BCUT2D eigenvalue weighted by molar-refractivity contribution is 5.90. The van der Waals surface area contributed by atoms with Gasteiger partial charge in [0, 0.05) is 29.9 Å². The van der Waals surface area contributed by atoms with Crippen LogP contribution >= 0.6 is 0 Å². The molecule has 0 bridgehead atoms. The molecule has 3 rings (SSSR count). The monoisotopic (exact) mass is 308 g/mol. The molecule has 0 saturated carbocycles. The highest BCUT2D eigenvalue weighted by atomic mass is 16.1. The van der Waals surface area contributed by atoms with Crippen molar-refractivity contribution in [3.63, 3.8) is 0 Å². The summed E-state index contributed by atoms with van der Waals surface area (Å²) < 4.78 is 0. The maximum atomic E-state index is 11.8. The second kappa shape index (κ2) is 6.62. The maximum absolute atomic E-state index is 11.8. The minimum Gasteiger partial charge on any atom is -0.382 e. The Morgan fingerprint density at radius 3 is 2.74 bits per heavy atom. The van der Waals surface area contributed by atoms with Gasteiger partial charge in [-0.1, -0.05) is 30.3 Å². The number of nitrogens with zero attached hydrogens (tertiary/aromatic N) is 2. The summed E-state index contributed by atoms with van der Waals surface area (Å²) >= 11 is 0. The summed E-state index contributed by atoms with van der Waals surface area (Å²) in [5, 5.41) is 4.38. The van der Waals surface area contributed by atoms with Crippen LogP contribution in [0.4, 0.5) is 5.69 Å². The zero-order chi connectivity index (χ0) is 16.2. The third-order valence-electron chi connectivity index (χ3n) is 3.94. The van der Waals surface area contributed by atoms with Gasteiger partial charge in [0.25, 0.3) is 5.56 Å². The van der Waals surface area contributed by atoms with Gasteiger partial charge in [0.15, 0.2) is 0 Å². The third kappa shape index (κ3) is 3.40. The number of likely N-dealkylation sites (N-methyl/N-ethyl adjacent to an activating group) is 1. The van der Waals surface area contributed by atoms with Gasteiger partial charge in [-0.3, -0.25) is 9.78 Å². The van der Waals surface area contributed by atoms with Crippen molar-refractivity contribution >= 4 is 16.6 Å². The van der Waals surface area contributed by atoms with Gasteiger partial charge in [-0.25, -0.2) is 0 Å². The lowest BCUT2D eigenvalue weighted by atomic mass is 10.1. The molecule has 2 heterocycles. The molecule has 0 spiro atoms. The Morgan fingerprint density at radius 2 is 2.00 bits per heavy atom. The van der Waals surface area contributed by atoms with Gasteiger partial charge >= 0.3 is 0 Å². The summed E-state index contributed by atoms with van der Waals surface area (Å²) in [6.45, 7) is 0.706. The molecule has 23 heavy (non-hydrogen) atoms. The van der Waals surface area contributed by atoms with Crippen molar-refractivity contribution in [3.05, 3.63) is 70.8 Å². The molecule has 0 fully saturated rings. The van der Waals surface area contributed by atoms with E-state index in [0.29, 0.717) is 6.54 Å². The van der Waals surface area contributed by atoms with Crippen molar-refractivity contribution in [3.8, 4) is 0 Å². The van der Waals surface area contributed by atoms with Crippen molar-refractivity contribution in [2.75, 3.05) is 26.0 Å². The fourth-order valence-corrected chi connectivity index (χ4v) is 2.73. The highest BCUT2D eigenvalue weighted by Crippen LogP contribution is 2.22. The minimum atomic E-state index is -0.130. The first kappa shape index (κ1) is 15.2. The van der Waals surface area contributed by atoms with E-state index >= 15 is 0 Å². The van der Waals surface area contributed by atoms with E-state index in [1.165, 1.54) is 5.56 Å². The number of H-pyrrole nitrogens is 1. The molecule has 5 nitrogen and oxygen atoms in total. The lowest BCUT2D eigenvalue weighted by molar-refractivity contribution is 0.312. The van der Waals surface area contributed by atoms with Gasteiger partial charge in [-0.05, 0) is 25.7 Å². The highest BCUT2D eigenvalue weighted by Gasteiger charge is 2.14. The SMILES string of the molecule is CN(C)C(CNc1cc(=O)[nH]c2cnccc12)c1ccccc1. The second-order valence-corrected chi connectivity index (χ2v) is 5.74. The molecular formula is C18H20N4O. The van der Waals surface area contributed by atoms with E-state index in [-0.39, 0.29) is 11.6 Å². The number of aromatic nitrogens is 2. The van der Waals surface area contributed by atoms with Crippen LogP contribution in [0.3, 0.4) is 0 Å².